The van der Waals surface area contributed by atoms with E-state index < -0.39 is 12.1 Å². The first-order valence-corrected chi connectivity index (χ1v) is 7.84. The summed E-state index contributed by atoms with van der Waals surface area (Å²) in [6.45, 7) is 8.95. The predicted molar refractivity (Wildman–Crippen MR) is 85.5 cm³/mol. The third-order valence-electron chi connectivity index (χ3n) is 3.49. The second-order valence-electron chi connectivity index (χ2n) is 6.18. The van der Waals surface area contributed by atoms with Gasteiger partial charge in [-0.3, -0.25) is 9.59 Å². The molecule has 124 valence electrons. The van der Waals surface area contributed by atoms with Crippen LogP contribution in [0.25, 0.3) is 0 Å². The minimum Gasteiger partial charge on any atom is -0.355 e. The molecule has 0 radical (unpaired) electrons. The fraction of sp³-hybridized carbons (Fsp3) is 0.867. The predicted octanol–water partition coefficient (Wildman–Crippen LogP) is 0.356. The third kappa shape index (κ3) is 8.67. The number of nitrogens with one attached hydrogen (secondary N) is 2. The van der Waals surface area contributed by atoms with Crippen LogP contribution in [0.4, 0.5) is 0 Å². The van der Waals surface area contributed by atoms with E-state index in [0.717, 1.165) is 19.3 Å². The standard InChI is InChI=1S/C15H32N4O2/c1-10(2)12(16)14(20)18-8-6-5-7-9-19-15(21)13(17)11(3)4/h10-13H,5-9,16-17H2,1-4H3,(H,18,20)(H,19,21)/t12-,13-/m0/s1. The smallest absolute Gasteiger partial charge is 0.237 e. The molecule has 0 spiro atoms. The van der Waals surface area contributed by atoms with E-state index in [9.17, 15) is 9.59 Å². The molecule has 0 aromatic carbocycles. The summed E-state index contributed by atoms with van der Waals surface area (Å²) in [4.78, 5) is 23.2. The highest BCUT2D eigenvalue weighted by molar-refractivity contribution is 5.82. The van der Waals surface area contributed by atoms with E-state index in [0.29, 0.717) is 13.1 Å². The lowest BCUT2D eigenvalue weighted by atomic mass is 10.0. The van der Waals surface area contributed by atoms with Crippen molar-refractivity contribution in [3.05, 3.63) is 0 Å². The van der Waals surface area contributed by atoms with Crippen molar-refractivity contribution in [1.29, 1.82) is 0 Å². The lowest BCUT2D eigenvalue weighted by Crippen LogP contribution is -2.44. The molecule has 0 unspecified atom stereocenters. The molecule has 0 bridgehead atoms. The van der Waals surface area contributed by atoms with Gasteiger partial charge < -0.3 is 22.1 Å². The van der Waals surface area contributed by atoms with Gasteiger partial charge in [0.05, 0.1) is 12.1 Å². The molecule has 2 atom stereocenters. The van der Waals surface area contributed by atoms with Gasteiger partial charge in [-0.1, -0.05) is 27.7 Å². The second kappa shape index (κ2) is 10.6. The number of unbranched alkanes of at least 4 members (excludes halogenated alkanes) is 2. The number of hydrogen-bond donors (Lipinski definition) is 4. The van der Waals surface area contributed by atoms with Crippen LogP contribution in [0, 0.1) is 11.8 Å². The van der Waals surface area contributed by atoms with Gasteiger partial charge >= 0.3 is 0 Å². The molecular weight excluding hydrogens is 268 g/mol. The summed E-state index contributed by atoms with van der Waals surface area (Å²) in [6, 6.07) is -0.886. The van der Waals surface area contributed by atoms with Crippen LogP contribution in [-0.2, 0) is 9.59 Å². The molecule has 0 fully saturated rings. The number of hydrogen-bond acceptors (Lipinski definition) is 4. The topological polar surface area (TPSA) is 110 Å². The maximum atomic E-state index is 11.6. The van der Waals surface area contributed by atoms with Crippen LogP contribution in [-0.4, -0.2) is 37.0 Å². The number of carbonyl (C=O) groups excluding carboxylic acids is 2. The number of carbonyl (C=O) groups is 2. The summed E-state index contributed by atoms with van der Waals surface area (Å²) >= 11 is 0. The molecule has 2 amide bonds. The number of amides is 2. The van der Waals surface area contributed by atoms with Crippen LogP contribution < -0.4 is 22.1 Å². The van der Waals surface area contributed by atoms with E-state index in [1.165, 1.54) is 0 Å². The molecule has 0 rings (SSSR count). The Hall–Kier alpha value is -1.14. The van der Waals surface area contributed by atoms with Crippen molar-refractivity contribution in [2.75, 3.05) is 13.1 Å². The Balaban J connectivity index is 3.57. The van der Waals surface area contributed by atoms with Crippen LogP contribution in [0.2, 0.25) is 0 Å². The van der Waals surface area contributed by atoms with Crippen molar-refractivity contribution in [3.63, 3.8) is 0 Å². The summed E-state index contributed by atoms with van der Waals surface area (Å²) in [6.07, 6.45) is 2.69. The van der Waals surface area contributed by atoms with Crippen molar-refractivity contribution >= 4 is 11.8 Å². The van der Waals surface area contributed by atoms with Gasteiger partial charge in [0.1, 0.15) is 0 Å². The first-order chi connectivity index (χ1) is 9.77. The molecule has 0 heterocycles. The van der Waals surface area contributed by atoms with Crippen molar-refractivity contribution < 1.29 is 9.59 Å². The van der Waals surface area contributed by atoms with Crippen molar-refractivity contribution in [1.82, 2.24) is 10.6 Å². The zero-order chi connectivity index (χ0) is 16.4. The minimum absolute atomic E-state index is 0.0961. The summed E-state index contributed by atoms with van der Waals surface area (Å²) in [5.74, 6) is 0.0955. The Morgan fingerprint density at radius 2 is 1.10 bits per heavy atom. The molecule has 6 N–H and O–H groups in total. The largest absolute Gasteiger partial charge is 0.355 e. The van der Waals surface area contributed by atoms with Crippen LogP contribution in [0.15, 0.2) is 0 Å². The van der Waals surface area contributed by atoms with Crippen molar-refractivity contribution in [3.8, 4) is 0 Å². The molecule has 0 aromatic heterocycles. The molecule has 0 aliphatic heterocycles. The number of rotatable bonds is 10. The van der Waals surface area contributed by atoms with E-state index in [1.807, 2.05) is 27.7 Å². The van der Waals surface area contributed by atoms with Gasteiger partial charge in [0.2, 0.25) is 11.8 Å². The Labute approximate surface area is 128 Å². The molecule has 0 aliphatic rings. The monoisotopic (exact) mass is 300 g/mol. The Bertz CT molecular complexity index is 289. The van der Waals surface area contributed by atoms with Crippen molar-refractivity contribution in [2.45, 2.75) is 59.0 Å². The van der Waals surface area contributed by atoms with Crippen LogP contribution >= 0.6 is 0 Å². The van der Waals surface area contributed by atoms with Gasteiger partial charge in [-0.25, -0.2) is 0 Å². The third-order valence-corrected chi connectivity index (χ3v) is 3.49. The summed E-state index contributed by atoms with van der Waals surface area (Å²) in [5.41, 5.74) is 11.5. The normalized spacial score (nSPS) is 14.1. The van der Waals surface area contributed by atoms with Gasteiger partial charge in [-0.2, -0.15) is 0 Å². The van der Waals surface area contributed by atoms with Gasteiger partial charge in [0, 0.05) is 13.1 Å². The van der Waals surface area contributed by atoms with E-state index in [-0.39, 0.29) is 23.7 Å². The molecule has 0 aliphatic carbocycles. The molecule has 0 saturated carbocycles. The maximum Gasteiger partial charge on any atom is 0.237 e. The zero-order valence-electron chi connectivity index (χ0n) is 13.8. The van der Waals surface area contributed by atoms with Crippen LogP contribution in [0.1, 0.15) is 47.0 Å². The Morgan fingerprint density at radius 3 is 1.38 bits per heavy atom. The molecule has 6 nitrogen and oxygen atoms in total. The lowest BCUT2D eigenvalue weighted by molar-refractivity contribution is -0.123. The van der Waals surface area contributed by atoms with Crippen molar-refractivity contribution in [2.24, 2.45) is 23.3 Å². The molecule has 0 aromatic rings. The molecule has 21 heavy (non-hydrogen) atoms. The fourth-order valence-corrected chi connectivity index (χ4v) is 1.69. The first-order valence-electron chi connectivity index (χ1n) is 7.84. The van der Waals surface area contributed by atoms with Gasteiger partial charge in [-0.15, -0.1) is 0 Å². The van der Waals surface area contributed by atoms with Gasteiger partial charge in [0.15, 0.2) is 0 Å². The Morgan fingerprint density at radius 1 is 0.762 bits per heavy atom. The molecule has 0 saturated heterocycles. The highest BCUT2D eigenvalue weighted by atomic mass is 16.2. The minimum atomic E-state index is -0.443. The zero-order valence-corrected chi connectivity index (χ0v) is 13.8. The Kier molecular flexibility index (Phi) is 9.99. The molecular formula is C15H32N4O2. The SMILES string of the molecule is CC(C)[C@H](N)C(=O)NCCCCCNC(=O)[C@@H](N)C(C)C. The van der Waals surface area contributed by atoms with Crippen LogP contribution in [0.3, 0.4) is 0 Å². The highest BCUT2D eigenvalue weighted by Crippen LogP contribution is 2.00. The van der Waals surface area contributed by atoms with Gasteiger partial charge in [0.25, 0.3) is 0 Å². The fourth-order valence-electron chi connectivity index (χ4n) is 1.69. The maximum absolute atomic E-state index is 11.6. The van der Waals surface area contributed by atoms with Crippen LogP contribution in [0.5, 0.6) is 0 Å². The summed E-state index contributed by atoms with van der Waals surface area (Å²) in [5, 5.41) is 5.65. The highest BCUT2D eigenvalue weighted by Gasteiger charge is 2.17. The summed E-state index contributed by atoms with van der Waals surface area (Å²) in [7, 11) is 0. The van der Waals surface area contributed by atoms with E-state index in [1.54, 1.807) is 0 Å². The summed E-state index contributed by atoms with van der Waals surface area (Å²) < 4.78 is 0. The first kappa shape index (κ1) is 19.9. The van der Waals surface area contributed by atoms with E-state index in [2.05, 4.69) is 10.6 Å². The van der Waals surface area contributed by atoms with E-state index >= 15 is 0 Å². The van der Waals surface area contributed by atoms with E-state index in [4.69, 9.17) is 11.5 Å². The number of nitrogens with two attached hydrogens (primary N) is 2. The average molecular weight is 300 g/mol. The average Bonchev–Trinajstić information content (AvgIpc) is 2.43. The molecule has 6 heteroatoms. The second-order valence-corrected chi connectivity index (χ2v) is 6.18. The lowest BCUT2D eigenvalue weighted by Gasteiger charge is -2.16. The quantitative estimate of drug-likeness (QED) is 0.436. The van der Waals surface area contributed by atoms with Gasteiger partial charge in [-0.05, 0) is 31.1 Å².